The highest BCUT2D eigenvalue weighted by Crippen LogP contribution is 2.47. The number of ether oxygens (including phenoxy) is 1. The topological polar surface area (TPSA) is 96.3 Å². The van der Waals surface area contributed by atoms with E-state index in [2.05, 4.69) is 5.10 Å². The van der Waals surface area contributed by atoms with Crippen molar-refractivity contribution in [3.8, 4) is 5.75 Å². The molecule has 10 heteroatoms. The molecule has 2 saturated heterocycles. The number of hydrogen-bond donors (Lipinski definition) is 0. The Morgan fingerprint density at radius 2 is 1.71 bits per heavy atom. The van der Waals surface area contributed by atoms with Crippen molar-refractivity contribution in [2.45, 2.75) is 19.0 Å². The van der Waals surface area contributed by atoms with Gasteiger partial charge < -0.3 is 4.74 Å². The number of Topliss-reactive ketones (excluding diaryl/α,β-unsaturated/α-hetero) is 1. The Balaban J connectivity index is 1.53. The fraction of sp³-hybridized carbons (Fsp3) is 0.208. The number of halogens is 2. The van der Waals surface area contributed by atoms with E-state index in [-0.39, 0.29) is 16.5 Å². The first-order valence-electron chi connectivity index (χ1n) is 10.4. The lowest BCUT2D eigenvalue weighted by molar-refractivity contribution is -0.132. The highest BCUT2D eigenvalue weighted by molar-refractivity contribution is 6.38. The number of carbonyl (C=O) groups is 4. The number of rotatable bonds is 4. The standard InChI is InChI=1S/C24H17Cl2N3O5/c1-12(30)34-15-7-4-13(5-8-15)22(31)21-20-19(18-3-2-10-27-29(18)21)23(32)28(24(20)33)17-9-6-14(25)11-16(17)26/h2-11,18-21H,1H3/t18-,19-,20-,21-/m1/s1. The summed E-state index contributed by atoms with van der Waals surface area (Å²) in [5.74, 6) is -3.29. The van der Waals surface area contributed by atoms with Crippen LogP contribution in [0.15, 0.2) is 59.7 Å². The van der Waals surface area contributed by atoms with E-state index in [1.807, 2.05) is 0 Å². The van der Waals surface area contributed by atoms with Gasteiger partial charge in [0.15, 0.2) is 5.78 Å². The Labute approximate surface area is 204 Å². The van der Waals surface area contributed by atoms with Crippen LogP contribution in [-0.2, 0) is 14.4 Å². The maximum absolute atomic E-state index is 13.6. The lowest BCUT2D eigenvalue weighted by Gasteiger charge is -2.30. The van der Waals surface area contributed by atoms with E-state index in [0.717, 1.165) is 4.90 Å². The first-order valence-corrected chi connectivity index (χ1v) is 11.2. The van der Waals surface area contributed by atoms with Gasteiger partial charge in [0.25, 0.3) is 0 Å². The molecular formula is C24H17Cl2N3O5. The van der Waals surface area contributed by atoms with Crippen molar-refractivity contribution in [1.82, 2.24) is 5.01 Å². The van der Waals surface area contributed by atoms with Gasteiger partial charge in [-0.15, -0.1) is 0 Å². The number of fused-ring (bicyclic) bond motifs is 3. The minimum absolute atomic E-state index is 0.159. The van der Waals surface area contributed by atoms with Crippen molar-refractivity contribution in [3.05, 3.63) is 70.2 Å². The smallest absolute Gasteiger partial charge is 0.308 e. The lowest BCUT2D eigenvalue weighted by atomic mass is 9.86. The zero-order valence-electron chi connectivity index (χ0n) is 17.7. The molecule has 5 rings (SSSR count). The van der Waals surface area contributed by atoms with Crippen molar-refractivity contribution in [2.75, 3.05) is 4.90 Å². The summed E-state index contributed by atoms with van der Waals surface area (Å²) in [6.45, 7) is 1.28. The molecule has 0 bridgehead atoms. The Morgan fingerprint density at radius 3 is 2.38 bits per heavy atom. The van der Waals surface area contributed by atoms with E-state index in [1.54, 1.807) is 18.2 Å². The first kappa shape index (κ1) is 22.3. The normalized spacial score (nSPS) is 24.9. The molecule has 0 N–H and O–H groups in total. The molecule has 0 aromatic heterocycles. The zero-order chi connectivity index (χ0) is 24.1. The molecule has 0 saturated carbocycles. The van der Waals surface area contributed by atoms with E-state index in [9.17, 15) is 19.2 Å². The van der Waals surface area contributed by atoms with E-state index in [1.165, 1.54) is 54.5 Å². The molecule has 2 aromatic rings. The number of carbonyl (C=O) groups excluding carboxylic acids is 4. The third-order valence-electron chi connectivity index (χ3n) is 6.11. The molecule has 34 heavy (non-hydrogen) atoms. The largest absolute Gasteiger partial charge is 0.427 e. The van der Waals surface area contributed by atoms with Crippen LogP contribution in [0.2, 0.25) is 10.0 Å². The molecule has 8 nitrogen and oxygen atoms in total. The minimum atomic E-state index is -0.997. The highest BCUT2D eigenvalue weighted by Gasteiger charge is 2.64. The molecule has 4 atom stereocenters. The van der Waals surface area contributed by atoms with Crippen LogP contribution in [0.3, 0.4) is 0 Å². The third-order valence-corrected chi connectivity index (χ3v) is 6.65. The van der Waals surface area contributed by atoms with E-state index in [0.29, 0.717) is 16.3 Å². The van der Waals surface area contributed by atoms with Crippen molar-refractivity contribution < 1.29 is 23.9 Å². The number of hydrogen-bond acceptors (Lipinski definition) is 7. The fourth-order valence-corrected chi connectivity index (χ4v) is 5.25. The molecule has 2 amide bonds. The average Bonchev–Trinajstić information content (AvgIpc) is 3.27. The summed E-state index contributed by atoms with van der Waals surface area (Å²) in [4.78, 5) is 52.9. The van der Waals surface area contributed by atoms with Gasteiger partial charge >= 0.3 is 5.97 Å². The molecular weight excluding hydrogens is 481 g/mol. The molecule has 0 aliphatic carbocycles. The van der Waals surface area contributed by atoms with Crippen LogP contribution >= 0.6 is 23.2 Å². The van der Waals surface area contributed by atoms with Crippen molar-refractivity contribution in [1.29, 1.82) is 0 Å². The summed E-state index contributed by atoms with van der Waals surface area (Å²) in [7, 11) is 0. The zero-order valence-corrected chi connectivity index (χ0v) is 19.2. The molecule has 0 spiro atoms. The predicted molar refractivity (Wildman–Crippen MR) is 125 cm³/mol. The van der Waals surface area contributed by atoms with Gasteiger partial charge in [-0.2, -0.15) is 5.10 Å². The molecule has 0 unspecified atom stereocenters. The van der Waals surface area contributed by atoms with Gasteiger partial charge in [0.05, 0.1) is 28.6 Å². The van der Waals surface area contributed by atoms with Crippen LogP contribution in [0, 0.1) is 11.8 Å². The van der Waals surface area contributed by atoms with E-state index in [4.69, 9.17) is 27.9 Å². The van der Waals surface area contributed by atoms with E-state index >= 15 is 0 Å². The van der Waals surface area contributed by atoms with Crippen molar-refractivity contribution in [3.63, 3.8) is 0 Å². The van der Waals surface area contributed by atoms with Crippen molar-refractivity contribution in [2.24, 2.45) is 16.9 Å². The second kappa shape index (κ2) is 8.38. The number of amides is 2. The maximum Gasteiger partial charge on any atom is 0.308 e. The van der Waals surface area contributed by atoms with Gasteiger partial charge in [0.2, 0.25) is 11.8 Å². The first-order chi connectivity index (χ1) is 16.3. The maximum atomic E-state index is 13.6. The summed E-state index contributed by atoms with van der Waals surface area (Å²) < 4.78 is 5.02. The molecule has 2 fully saturated rings. The number of esters is 1. The molecule has 3 aliphatic rings. The lowest BCUT2D eigenvalue weighted by Crippen LogP contribution is -2.46. The van der Waals surface area contributed by atoms with Crippen LogP contribution < -0.4 is 9.64 Å². The Hall–Kier alpha value is -3.49. The molecule has 0 radical (unpaired) electrons. The summed E-state index contributed by atoms with van der Waals surface area (Å²) >= 11 is 12.3. The Kier molecular flexibility index (Phi) is 5.50. The number of anilines is 1. The number of hydrazone groups is 1. The minimum Gasteiger partial charge on any atom is -0.427 e. The van der Waals surface area contributed by atoms with Gasteiger partial charge in [-0.1, -0.05) is 29.3 Å². The number of ketones is 1. The summed E-state index contributed by atoms with van der Waals surface area (Å²) in [6, 6.07) is 8.99. The summed E-state index contributed by atoms with van der Waals surface area (Å²) in [5, 5.41) is 6.37. The van der Waals surface area contributed by atoms with Gasteiger partial charge in [0.1, 0.15) is 11.8 Å². The number of nitrogens with zero attached hydrogens (tertiary/aromatic N) is 3. The third kappa shape index (κ3) is 3.50. The van der Waals surface area contributed by atoms with Gasteiger partial charge in [-0.05, 0) is 48.5 Å². The summed E-state index contributed by atoms with van der Waals surface area (Å²) in [5.41, 5.74) is 0.524. The van der Waals surface area contributed by atoms with Crippen LogP contribution in [0.1, 0.15) is 17.3 Å². The van der Waals surface area contributed by atoms with Crippen LogP contribution in [0.4, 0.5) is 5.69 Å². The highest BCUT2D eigenvalue weighted by atomic mass is 35.5. The SMILES string of the molecule is CC(=O)Oc1ccc(C(=O)[C@H]2[C@@H]3C(=O)N(c4ccc(Cl)cc4Cl)C(=O)[C@@H]3[C@H]3C=CC=NN32)cc1. The van der Waals surface area contributed by atoms with Crippen LogP contribution in [-0.4, -0.2) is 46.9 Å². The average molecular weight is 498 g/mol. The molecule has 172 valence electrons. The number of imide groups is 1. The van der Waals surface area contributed by atoms with Gasteiger partial charge in [-0.25, -0.2) is 4.90 Å². The summed E-state index contributed by atoms with van der Waals surface area (Å²) in [6.07, 6.45) is 4.97. The van der Waals surface area contributed by atoms with Gasteiger partial charge in [0, 0.05) is 23.7 Å². The Morgan fingerprint density at radius 1 is 1.00 bits per heavy atom. The molecule has 2 aromatic carbocycles. The molecule has 3 heterocycles. The fourth-order valence-electron chi connectivity index (χ4n) is 4.76. The van der Waals surface area contributed by atoms with E-state index < -0.39 is 41.7 Å². The second-order valence-electron chi connectivity index (χ2n) is 8.11. The Bertz CT molecular complexity index is 1290. The second-order valence-corrected chi connectivity index (χ2v) is 8.95. The monoisotopic (exact) mass is 497 g/mol. The van der Waals surface area contributed by atoms with Crippen LogP contribution in [0.25, 0.3) is 0 Å². The van der Waals surface area contributed by atoms with Gasteiger partial charge in [-0.3, -0.25) is 24.2 Å². The number of allylic oxidation sites excluding steroid dienone is 1. The quantitative estimate of drug-likeness (QED) is 0.277. The number of benzene rings is 2. The molecule has 3 aliphatic heterocycles. The van der Waals surface area contributed by atoms with Crippen molar-refractivity contribution >= 4 is 58.7 Å². The van der Waals surface area contributed by atoms with Crippen LogP contribution in [0.5, 0.6) is 5.75 Å². The predicted octanol–water partition coefficient (Wildman–Crippen LogP) is 3.52.